The zero-order valence-electron chi connectivity index (χ0n) is 19.4. The normalized spacial score (nSPS) is 18.6. The largest absolute Gasteiger partial charge is 0.384 e. The molecule has 5 rings (SSSR count). The maximum atomic E-state index is 13.6. The van der Waals surface area contributed by atoms with Crippen LogP contribution in [0, 0.1) is 11.7 Å². The van der Waals surface area contributed by atoms with E-state index in [1.54, 1.807) is 18.0 Å². The van der Waals surface area contributed by atoms with Crippen molar-refractivity contribution in [2.24, 2.45) is 5.92 Å². The average Bonchev–Trinajstić information content (AvgIpc) is 3.22. The molecule has 0 unspecified atom stereocenters. The first-order chi connectivity index (χ1) is 16.5. The number of carbonyl (C=O) groups is 1. The smallest absolute Gasteiger partial charge is 0.225 e. The van der Waals surface area contributed by atoms with Gasteiger partial charge in [0.05, 0.1) is 6.20 Å². The van der Waals surface area contributed by atoms with Gasteiger partial charge in [-0.1, -0.05) is 11.8 Å². The maximum absolute atomic E-state index is 13.6. The zero-order valence-corrected chi connectivity index (χ0v) is 20.2. The van der Waals surface area contributed by atoms with Crippen LogP contribution in [0.25, 0.3) is 11.2 Å². The molecular formula is C24H30FN7OS. The number of imidazole rings is 1. The molecule has 2 N–H and O–H groups in total. The lowest BCUT2D eigenvalue weighted by Crippen LogP contribution is -2.45. The molecule has 0 radical (unpaired) electrons. The molecule has 0 atom stereocenters. The van der Waals surface area contributed by atoms with Crippen molar-refractivity contribution in [2.45, 2.75) is 43.4 Å². The summed E-state index contributed by atoms with van der Waals surface area (Å²) in [6.45, 7) is 4.13. The fraction of sp³-hybridized carbons (Fsp3) is 0.500. The molecule has 34 heavy (non-hydrogen) atoms. The number of anilines is 1. The van der Waals surface area contributed by atoms with Crippen molar-refractivity contribution < 1.29 is 9.18 Å². The van der Waals surface area contributed by atoms with E-state index in [1.165, 1.54) is 12.3 Å². The zero-order chi connectivity index (χ0) is 23.7. The van der Waals surface area contributed by atoms with Crippen LogP contribution in [-0.4, -0.2) is 67.7 Å². The molecule has 8 nitrogen and oxygen atoms in total. The molecule has 2 aliphatic heterocycles. The number of piperidine rings is 2. The van der Waals surface area contributed by atoms with E-state index < -0.39 is 0 Å². The molecule has 2 fully saturated rings. The highest BCUT2D eigenvalue weighted by Gasteiger charge is 2.32. The van der Waals surface area contributed by atoms with Gasteiger partial charge in [0.2, 0.25) is 5.91 Å². The van der Waals surface area contributed by atoms with E-state index in [2.05, 4.69) is 24.4 Å². The quantitative estimate of drug-likeness (QED) is 0.556. The molecular weight excluding hydrogens is 453 g/mol. The number of aromatic nitrogens is 4. The standard InChI is InChI=1S/C24H30FN7OS/c1-34-24-29-20-13-18(25)14-28-22(20)32(24)19-5-10-31(11-6-19)23(33)17-3-8-30(9-4-17)15-16-2-7-27-21(26)12-16/h2,7,12-14,17,19H,3-6,8-11,15H2,1H3,(H2,26,27). The Balaban J connectivity index is 1.17. The molecule has 0 saturated carbocycles. The molecule has 0 bridgehead atoms. The fourth-order valence-corrected chi connectivity index (χ4v) is 5.82. The van der Waals surface area contributed by atoms with Gasteiger partial charge in [0.1, 0.15) is 17.2 Å². The minimum atomic E-state index is -0.374. The number of fused-ring (bicyclic) bond motifs is 1. The molecule has 1 amide bonds. The van der Waals surface area contributed by atoms with Crippen LogP contribution in [0.2, 0.25) is 0 Å². The van der Waals surface area contributed by atoms with Gasteiger partial charge in [-0.15, -0.1) is 0 Å². The van der Waals surface area contributed by atoms with Crippen LogP contribution < -0.4 is 5.73 Å². The van der Waals surface area contributed by atoms with E-state index in [4.69, 9.17) is 5.73 Å². The van der Waals surface area contributed by atoms with E-state index in [0.717, 1.165) is 74.8 Å². The minimum absolute atomic E-state index is 0.0933. The van der Waals surface area contributed by atoms with E-state index in [1.807, 2.05) is 23.3 Å². The second-order valence-electron chi connectivity index (χ2n) is 9.16. The van der Waals surface area contributed by atoms with Crippen molar-refractivity contribution in [3.05, 3.63) is 42.0 Å². The number of pyridine rings is 2. The van der Waals surface area contributed by atoms with Crippen LogP contribution in [0.3, 0.4) is 0 Å². The lowest BCUT2D eigenvalue weighted by Gasteiger charge is -2.37. The fourth-order valence-electron chi connectivity index (χ4n) is 5.20. The van der Waals surface area contributed by atoms with E-state index >= 15 is 0 Å². The molecule has 0 aliphatic carbocycles. The third kappa shape index (κ3) is 4.74. The molecule has 2 saturated heterocycles. The first-order valence-corrected chi connectivity index (χ1v) is 13.0. The van der Waals surface area contributed by atoms with E-state index in [0.29, 0.717) is 11.3 Å². The Labute approximate surface area is 202 Å². The summed E-state index contributed by atoms with van der Waals surface area (Å²) in [7, 11) is 0. The Morgan fingerprint density at radius 2 is 1.91 bits per heavy atom. The first kappa shape index (κ1) is 23.0. The summed E-state index contributed by atoms with van der Waals surface area (Å²) in [6, 6.07) is 5.56. The SMILES string of the molecule is CSc1nc2cc(F)cnc2n1C1CCN(C(=O)C2CCN(Cc3ccnc(N)c3)CC2)CC1. The van der Waals surface area contributed by atoms with Gasteiger partial charge in [0, 0.05) is 43.9 Å². The molecule has 3 aromatic rings. The Kier molecular flexibility index (Phi) is 6.69. The summed E-state index contributed by atoms with van der Waals surface area (Å²) in [5, 5.41) is 0.848. The molecule has 5 heterocycles. The summed E-state index contributed by atoms with van der Waals surface area (Å²) >= 11 is 1.55. The maximum Gasteiger partial charge on any atom is 0.225 e. The second kappa shape index (κ2) is 9.87. The van der Waals surface area contributed by atoms with Gasteiger partial charge in [0.25, 0.3) is 0 Å². The Morgan fingerprint density at radius 1 is 1.15 bits per heavy atom. The number of nitrogens with two attached hydrogens (primary N) is 1. The Hall–Kier alpha value is -2.72. The van der Waals surface area contributed by atoms with Crippen LogP contribution >= 0.6 is 11.8 Å². The lowest BCUT2D eigenvalue weighted by atomic mass is 9.93. The van der Waals surface area contributed by atoms with Crippen molar-refractivity contribution in [3.63, 3.8) is 0 Å². The van der Waals surface area contributed by atoms with E-state index in [9.17, 15) is 9.18 Å². The average molecular weight is 484 g/mol. The van der Waals surface area contributed by atoms with Gasteiger partial charge in [-0.25, -0.2) is 19.3 Å². The lowest BCUT2D eigenvalue weighted by molar-refractivity contribution is -0.138. The summed E-state index contributed by atoms with van der Waals surface area (Å²) in [5.41, 5.74) is 8.26. The third-order valence-corrected chi connectivity index (χ3v) is 7.63. The van der Waals surface area contributed by atoms with Crippen LogP contribution in [0.4, 0.5) is 10.2 Å². The highest BCUT2D eigenvalue weighted by Crippen LogP contribution is 2.32. The van der Waals surface area contributed by atoms with Gasteiger partial charge >= 0.3 is 0 Å². The van der Waals surface area contributed by atoms with Gasteiger partial charge in [-0.05, 0) is 62.7 Å². The van der Waals surface area contributed by atoms with Gasteiger partial charge in [-0.3, -0.25) is 9.69 Å². The van der Waals surface area contributed by atoms with Crippen molar-refractivity contribution in [1.29, 1.82) is 0 Å². The molecule has 2 aliphatic rings. The molecule has 3 aromatic heterocycles. The van der Waals surface area contributed by atoms with Crippen molar-refractivity contribution in [2.75, 3.05) is 38.2 Å². The van der Waals surface area contributed by atoms with Gasteiger partial charge in [0.15, 0.2) is 10.8 Å². The van der Waals surface area contributed by atoms with Crippen LogP contribution in [0.5, 0.6) is 0 Å². The van der Waals surface area contributed by atoms with Gasteiger partial charge in [-0.2, -0.15) is 0 Å². The number of rotatable bonds is 5. The highest BCUT2D eigenvalue weighted by atomic mass is 32.2. The number of halogens is 1. The summed E-state index contributed by atoms with van der Waals surface area (Å²) in [6.07, 6.45) is 8.45. The van der Waals surface area contributed by atoms with Crippen LogP contribution in [0.1, 0.15) is 37.3 Å². The second-order valence-corrected chi connectivity index (χ2v) is 9.93. The number of nitrogen functional groups attached to an aromatic ring is 1. The first-order valence-electron chi connectivity index (χ1n) is 11.8. The van der Waals surface area contributed by atoms with Crippen molar-refractivity contribution in [3.8, 4) is 0 Å². The highest BCUT2D eigenvalue weighted by molar-refractivity contribution is 7.98. The number of likely N-dealkylation sites (tertiary alicyclic amines) is 2. The molecule has 0 spiro atoms. The number of amides is 1. The topological polar surface area (TPSA) is 93.2 Å². The monoisotopic (exact) mass is 483 g/mol. The third-order valence-electron chi connectivity index (χ3n) is 6.98. The Bertz CT molecular complexity index is 1170. The number of carbonyl (C=O) groups excluding carboxylic acids is 1. The molecule has 0 aromatic carbocycles. The summed E-state index contributed by atoms with van der Waals surface area (Å²) < 4.78 is 15.7. The van der Waals surface area contributed by atoms with Gasteiger partial charge < -0.3 is 15.2 Å². The van der Waals surface area contributed by atoms with Crippen LogP contribution in [-0.2, 0) is 11.3 Å². The Morgan fingerprint density at radius 3 is 2.62 bits per heavy atom. The van der Waals surface area contributed by atoms with Crippen molar-refractivity contribution in [1.82, 2.24) is 29.3 Å². The summed E-state index contributed by atoms with van der Waals surface area (Å²) in [5.74, 6) is 0.547. The minimum Gasteiger partial charge on any atom is -0.384 e. The van der Waals surface area contributed by atoms with E-state index in [-0.39, 0.29) is 23.7 Å². The molecule has 10 heteroatoms. The number of nitrogens with zero attached hydrogens (tertiary/aromatic N) is 6. The number of thioether (sulfide) groups is 1. The molecule has 180 valence electrons. The predicted octanol–water partition coefficient (Wildman–Crippen LogP) is 3.35. The number of hydrogen-bond acceptors (Lipinski definition) is 7. The number of hydrogen-bond donors (Lipinski definition) is 1. The van der Waals surface area contributed by atoms with Crippen molar-refractivity contribution >= 4 is 34.7 Å². The van der Waals surface area contributed by atoms with Crippen LogP contribution in [0.15, 0.2) is 35.7 Å². The predicted molar refractivity (Wildman–Crippen MR) is 131 cm³/mol. The summed E-state index contributed by atoms with van der Waals surface area (Å²) in [4.78, 5) is 30.6.